The summed E-state index contributed by atoms with van der Waals surface area (Å²) in [6.07, 6.45) is 5.34. The summed E-state index contributed by atoms with van der Waals surface area (Å²) < 4.78 is 0. The van der Waals surface area contributed by atoms with Crippen LogP contribution in [0.2, 0.25) is 0 Å². The first kappa shape index (κ1) is 19.8. The quantitative estimate of drug-likeness (QED) is 0.490. The van der Waals surface area contributed by atoms with Crippen molar-refractivity contribution in [2.45, 2.75) is 48.0 Å². The van der Waals surface area contributed by atoms with Crippen LogP contribution in [-0.4, -0.2) is 0 Å². The molecule has 0 bridgehead atoms. The highest BCUT2D eigenvalue weighted by Crippen LogP contribution is 2.11. The summed E-state index contributed by atoms with van der Waals surface area (Å²) >= 11 is 0. The summed E-state index contributed by atoms with van der Waals surface area (Å²) in [6.45, 7) is 12.2. The molecular weight excluding hydrogens is 228 g/mol. The second-order valence-corrected chi connectivity index (χ2v) is 3.32. The van der Waals surface area contributed by atoms with Gasteiger partial charge < -0.3 is 0 Å². The van der Waals surface area contributed by atoms with Crippen molar-refractivity contribution in [2.75, 3.05) is 0 Å². The van der Waals surface area contributed by atoms with Crippen molar-refractivity contribution in [2.24, 2.45) is 0 Å². The van der Waals surface area contributed by atoms with Gasteiger partial charge in [-0.1, -0.05) is 95.3 Å². The second kappa shape index (κ2) is 16.4. The molecule has 0 atom stereocenters. The Kier molecular flexibility index (Phi) is 17.1. The van der Waals surface area contributed by atoms with Crippen molar-refractivity contribution >= 4 is 10.8 Å². The number of rotatable bonds is 1. The molecule has 2 rings (SSSR count). The zero-order chi connectivity index (χ0) is 14.9. The Morgan fingerprint density at radius 1 is 0.737 bits per heavy atom. The molecule has 0 aliphatic heterocycles. The van der Waals surface area contributed by atoms with Crippen LogP contribution in [0, 0.1) is 0 Å². The Hall–Kier alpha value is -1.56. The molecule has 2 aromatic rings. The molecule has 0 unspecified atom stereocenters. The maximum absolute atomic E-state index is 2.12. The zero-order valence-electron chi connectivity index (χ0n) is 13.5. The van der Waals surface area contributed by atoms with Gasteiger partial charge in [-0.05, 0) is 24.1 Å². The van der Waals surface area contributed by atoms with Crippen LogP contribution in [0.5, 0.6) is 0 Å². The highest BCUT2D eigenvalue weighted by atomic mass is 13.9. The Morgan fingerprint density at radius 2 is 1.05 bits per heavy atom. The van der Waals surface area contributed by atoms with Gasteiger partial charge in [-0.25, -0.2) is 0 Å². The van der Waals surface area contributed by atoms with Gasteiger partial charge in [0, 0.05) is 0 Å². The molecule has 0 radical (unpaired) electrons. The fourth-order valence-electron chi connectivity index (χ4n) is 1.37. The molecule has 0 nitrogen and oxygen atoms in total. The summed E-state index contributed by atoms with van der Waals surface area (Å²) in [5, 5.41) is 2.62. The smallest absolute Gasteiger partial charge is 0.0184 e. The fourth-order valence-corrected chi connectivity index (χ4v) is 1.37. The molecule has 19 heavy (non-hydrogen) atoms. The molecule has 0 saturated carbocycles. The third-order valence-corrected chi connectivity index (χ3v) is 2.13. The van der Waals surface area contributed by atoms with Crippen LogP contribution in [0.25, 0.3) is 10.8 Å². The summed E-state index contributed by atoms with van der Waals surface area (Å²) in [5.41, 5.74) is 0. The monoisotopic (exact) mass is 258 g/mol. The average molecular weight is 258 g/mol. The van der Waals surface area contributed by atoms with Crippen LogP contribution in [-0.2, 0) is 0 Å². The first-order valence-corrected chi connectivity index (χ1v) is 7.43. The van der Waals surface area contributed by atoms with Gasteiger partial charge in [0.25, 0.3) is 0 Å². The van der Waals surface area contributed by atoms with Crippen molar-refractivity contribution in [3.63, 3.8) is 0 Å². The van der Waals surface area contributed by atoms with Crippen molar-refractivity contribution in [3.8, 4) is 0 Å². The Balaban J connectivity index is 0. The fraction of sp³-hybridized carbons (Fsp3) is 0.368. The largest absolute Gasteiger partial charge is 0.0917 e. The molecule has 0 N–H and O–H groups in total. The minimum absolute atomic E-state index is 1.16. The topological polar surface area (TPSA) is 0 Å². The van der Waals surface area contributed by atoms with E-state index in [0.717, 1.165) is 6.42 Å². The van der Waals surface area contributed by atoms with Crippen molar-refractivity contribution in [1.82, 2.24) is 0 Å². The summed E-state index contributed by atoms with van der Waals surface area (Å²) in [5.74, 6) is 0. The van der Waals surface area contributed by atoms with E-state index in [1.807, 2.05) is 34.6 Å². The van der Waals surface area contributed by atoms with Gasteiger partial charge >= 0.3 is 0 Å². The van der Waals surface area contributed by atoms with Crippen LogP contribution in [0.15, 0.2) is 60.7 Å². The first-order chi connectivity index (χ1) is 9.38. The van der Waals surface area contributed by atoms with Crippen molar-refractivity contribution < 1.29 is 0 Å². The van der Waals surface area contributed by atoms with Crippen LogP contribution in [0.1, 0.15) is 48.0 Å². The lowest BCUT2D eigenvalue weighted by Gasteiger charge is -1.92. The summed E-state index contributed by atoms with van der Waals surface area (Å²) in [4.78, 5) is 0. The van der Waals surface area contributed by atoms with E-state index in [1.54, 1.807) is 0 Å². The number of hydrogen-bond donors (Lipinski definition) is 0. The predicted octanol–water partition coefficient (Wildman–Crippen LogP) is 6.86. The third-order valence-electron chi connectivity index (χ3n) is 2.13. The molecule has 0 aliphatic carbocycles. The maximum Gasteiger partial charge on any atom is -0.0184 e. The molecule has 0 heterocycles. The van der Waals surface area contributed by atoms with Gasteiger partial charge in [0.05, 0.1) is 0 Å². The minimum Gasteiger partial charge on any atom is -0.0917 e. The normalized spacial score (nSPS) is 8.53. The number of benzene rings is 2. The molecule has 0 spiro atoms. The minimum atomic E-state index is 1.16. The van der Waals surface area contributed by atoms with Crippen LogP contribution in [0.4, 0.5) is 0 Å². The standard InChI is InChI=1S/C10H8.C5H10.2C2H6/c1-2-6-10-8-4-3-7-9(10)5-1;1-3-5-4-2;2*1-2/h1-8H;3,5H,4H2,1-2H3;2*1-2H3. The summed E-state index contributed by atoms with van der Waals surface area (Å²) in [6, 6.07) is 16.7. The Labute approximate surface area is 120 Å². The zero-order valence-corrected chi connectivity index (χ0v) is 13.5. The van der Waals surface area contributed by atoms with E-state index in [2.05, 4.69) is 67.6 Å². The van der Waals surface area contributed by atoms with E-state index < -0.39 is 0 Å². The van der Waals surface area contributed by atoms with Crippen molar-refractivity contribution in [3.05, 3.63) is 60.7 Å². The predicted molar refractivity (Wildman–Crippen MR) is 91.7 cm³/mol. The Morgan fingerprint density at radius 3 is 1.21 bits per heavy atom. The van der Waals surface area contributed by atoms with E-state index in [9.17, 15) is 0 Å². The van der Waals surface area contributed by atoms with Gasteiger partial charge in [-0.3, -0.25) is 0 Å². The lowest BCUT2D eigenvalue weighted by atomic mass is 10.1. The van der Waals surface area contributed by atoms with Crippen LogP contribution in [0.3, 0.4) is 0 Å². The molecule has 0 amide bonds. The third kappa shape index (κ3) is 10.1. The molecular formula is C19H30. The van der Waals surface area contributed by atoms with Gasteiger partial charge in [-0.2, -0.15) is 0 Å². The van der Waals surface area contributed by atoms with Crippen molar-refractivity contribution in [1.29, 1.82) is 0 Å². The first-order valence-electron chi connectivity index (χ1n) is 7.43. The average Bonchev–Trinajstić information content (AvgIpc) is 2.53. The second-order valence-electron chi connectivity index (χ2n) is 3.32. The van der Waals surface area contributed by atoms with Gasteiger partial charge in [0.15, 0.2) is 0 Å². The SMILES string of the molecule is CC.CC.CC=CCC.c1ccc2ccccc2c1. The number of allylic oxidation sites excluding steroid dienone is 2. The highest BCUT2D eigenvalue weighted by Gasteiger charge is 1.85. The van der Waals surface area contributed by atoms with E-state index in [-0.39, 0.29) is 0 Å². The maximum atomic E-state index is 2.12. The molecule has 2 aromatic carbocycles. The van der Waals surface area contributed by atoms with E-state index in [1.165, 1.54) is 10.8 Å². The lowest BCUT2D eigenvalue weighted by molar-refractivity contribution is 1.22. The molecule has 0 aliphatic rings. The molecule has 106 valence electrons. The van der Waals surface area contributed by atoms with E-state index in [0.29, 0.717) is 0 Å². The van der Waals surface area contributed by atoms with Gasteiger partial charge in [-0.15, -0.1) is 0 Å². The van der Waals surface area contributed by atoms with Gasteiger partial charge in [0.2, 0.25) is 0 Å². The van der Waals surface area contributed by atoms with Crippen LogP contribution < -0.4 is 0 Å². The number of hydrogen-bond acceptors (Lipinski definition) is 0. The van der Waals surface area contributed by atoms with Crippen LogP contribution >= 0.6 is 0 Å². The summed E-state index contributed by atoms with van der Waals surface area (Å²) in [7, 11) is 0. The number of fused-ring (bicyclic) bond motifs is 1. The Bertz CT molecular complexity index is 348. The van der Waals surface area contributed by atoms with E-state index in [4.69, 9.17) is 0 Å². The molecule has 0 fully saturated rings. The molecule has 0 aromatic heterocycles. The molecule has 0 heteroatoms. The van der Waals surface area contributed by atoms with Gasteiger partial charge in [0.1, 0.15) is 0 Å². The highest BCUT2D eigenvalue weighted by molar-refractivity contribution is 5.81. The lowest BCUT2D eigenvalue weighted by Crippen LogP contribution is -1.67. The molecule has 0 saturated heterocycles. The van der Waals surface area contributed by atoms with E-state index >= 15 is 0 Å².